The largest absolute Gasteiger partial charge is 0.352 e. The molecule has 152 valence electrons. The van der Waals surface area contributed by atoms with Gasteiger partial charge in [0, 0.05) is 37.7 Å². The summed E-state index contributed by atoms with van der Waals surface area (Å²) in [7, 11) is 0. The van der Waals surface area contributed by atoms with Crippen LogP contribution in [0.1, 0.15) is 41.3 Å². The number of hydrogen-bond donors (Lipinski definition) is 2. The molecule has 0 radical (unpaired) electrons. The molecular weight excluding hydrogens is 370 g/mol. The number of nitrogens with zero attached hydrogens (tertiary/aromatic N) is 1. The number of benzene rings is 2. The number of nitrogens with one attached hydrogen (secondary N) is 1. The molecule has 1 amide bonds. The monoisotopic (exact) mass is 401 g/mol. The highest BCUT2D eigenvalue weighted by Gasteiger charge is 2.32. The third-order valence-corrected chi connectivity index (χ3v) is 5.31. The summed E-state index contributed by atoms with van der Waals surface area (Å²) in [4.78, 5) is 14.8. The first-order valence-electron chi connectivity index (χ1n) is 9.91. The molecule has 0 unspecified atom stereocenters. The van der Waals surface area contributed by atoms with Crippen LogP contribution < -0.4 is 11.1 Å². The molecule has 2 aromatic carbocycles. The van der Waals surface area contributed by atoms with Gasteiger partial charge in [0.1, 0.15) is 0 Å². The summed E-state index contributed by atoms with van der Waals surface area (Å²) < 4.78 is 0. The molecule has 1 aliphatic rings. The van der Waals surface area contributed by atoms with Crippen molar-refractivity contribution in [1.29, 1.82) is 0 Å². The van der Waals surface area contributed by atoms with Crippen molar-refractivity contribution in [3.63, 3.8) is 0 Å². The smallest absolute Gasteiger partial charge is 0.251 e. The standard InChI is InChI=1S/C23H31N3O.ClH/c1-17(2)13-25-23(27)20-10-6-7-18(11-20)14-26-15-21(12-24)22(16-26)19-8-4-3-5-9-19;/h3-11,17,21-22H,12-16,24H2,1-2H3,(H,25,27);1H/t21-,22+;/m1./s1. The lowest BCUT2D eigenvalue weighted by atomic mass is 9.89. The van der Waals surface area contributed by atoms with Gasteiger partial charge in [-0.1, -0.05) is 56.3 Å². The van der Waals surface area contributed by atoms with Crippen molar-refractivity contribution in [2.45, 2.75) is 26.3 Å². The average Bonchev–Trinajstić information content (AvgIpc) is 3.09. The fourth-order valence-electron chi connectivity index (χ4n) is 3.87. The average molecular weight is 402 g/mol. The lowest BCUT2D eigenvalue weighted by Crippen LogP contribution is -2.27. The molecule has 0 bridgehead atoms. The van der Waals surface area contributed by atoms with Gasteiger partial charge in [-0.05, 0) is 41.6 Å². The Labute approximate surface area is 174 Å². The fraction of sp³-hybridized carbons (Fsp3) is 0.435. The molecule has 1 saturated heterocycles. The second-order valence-corrected chi connectivity index (χ2v) is 8.01. The summed E-state index contributed by atoms with van der Waals surface area (Å²) in [6.45, 7) is 8.46. The van der Waals surface area contributed by atoms with E-state index < -0.39 is 0 Å². The van der Waals surface area contributed by atoms with Gasteiger partial charge in [0.05, 0.1) is 0 Å². The van der Waals surface area contributed by atoms with Crippen LogP contribution in [0.25, 0.3) is 0 Å². The van der Waals surface area contributed by atoms with Gasteiger partial charge in [-0.15, -0.1) is 12.4 Å². The van der Waals surface area contributed by atoms with E-state index in [4.69, 9.17) is 5.73 Å². The quantitative estimate of drug-likeness (QED) is 0.744. The van der Waals surface area contributed by atoms with E-state index in [0.717, 1.165) is 25.2 Å². The maximum absolute atomic E-state index is 12.3. The summed E-state index contributed by atoms with van der Waals surface area (Å²) in [5.41, 5.74) is 9.35. The number of halogens is 1. The highest BCUT2D eigenvalue weighted by molar-refractivity contribution is 5.94. The minimum atomic E-state index is 0. The van der Waals surface area contributed by atoms with Crippen LogP contribution in [-0.4, -0.2) is 37.0 Å². The second-order valence-electron chi connectivity index (χ2n) is 8.01. The number of rotatable bonds is 7. The Morgan fingerprint density at radius 3 is 2.57 bits per heavy atom. The maximum Gasteiger partial charge on any atom is 0.251 e. The van der Waals surface area contributed by atoms with E-state index in [1.54, 1.807) is 0 Å². The van der Waals surface area contributed by atoms with Gasteiger partial charge >= 0.3 is 0 Å². The van der Waals surface area contributed by atoms with Gasteiger partial charge in [-0.25, -0.2) is 0 Å². The lowest BCUT2D eigenvalue weighted by Gasteiger charge is -2.17. The molecular formula is C23H32ClN3O. The van der Waals surface area contributed by atoms with Gasteiger partial charge in [0.15, 0.2) is 0 Å². The van der Waals surface area contributed by atoms with Crippen molar-refractivity contribution in [3.8, 4) is 0 Å². The normalized spacial score (nSPS) is 19.4. The first-order chi connectivity index (χ1) is 13.1. The minimum Gasteiger partial charge on any atom is -0.352 e. The Hall–Kier alpha value is -1.88. The van der Waals surface area contributed by atoms with Crippen LogP contribution in [0.4, 0.5) is 0 Å². The predicted molar refractivity (Wildman–Crippen MR) is 118 cm³/mol. The van der Waals surface area contributed by atoms with Crippen LogP contribution >= 0.6 is 12.4 Å². The molecule has 3 N–H and O–H groups in total. The highest BCUT2D eigenvalue weighted by atomic mass is 35.5. The number of carbonyl (C=O) groups excluding carboxylic acids is 1. The van der Waals surface area contributed by atoms with Crippen molar-refractivity contribution >= 4 is 18.3 Å². The van der Waals surface area contributed by atoms with Gasteiger partial charge in [-0.2, -0.15) is 0 Å². The van der Waals surface area contributed by atoms with Crippen molar-refractivity contribution in [2.75, 3.05) is 26.2 Å². The van der Waals surface area contributed by atoms with E-state index in [2.05, 4.69) is 60.5 Å². The van der Waals surface area contributed by atoms with Crippen LogP contribution in [0, 0.1) is 11.8 Å². The number of hydrogen-bond acceptors (Lipinski definition) is 3. The Balaban J connectivity index is 0.00000280. The molecule has 2 atom stereocenters. The lowest BCUT2D eigenvalue weighted by molar-refractivity contribution is 0.0949. The first-order valence-corrected chi connectivity index (χ1v) is 9.91. The summed E-state index contributed by atoms with van der Waals surface area (Å²) in [5.74, 6) is 1.41. The molecule has 2 aromatic rings. The molecule has 0 saturated carbocycles. The maximum atomic E-state index is 12.3. The molecule has 0 aromatic heterocycles. The van der Waals surface area contributed by atoms with Crippen LogP contribution in [0.15, 0.2) is 54.6 Å². The second kappa shape index (κ2) is 10.6. The van der Waals surface area contributed by atoms with E-state index in [1.807, 2.05) is 18.2 Å². The van der Waals surface area contributed by atoms with Gasteiger partial charge in [0.25, 0.3) is 5.91 Å². The molecule has 1 aliphatic heterocycles. The molecule has 0 aliphatic carbocycles. The summed E-state index contributed by atoms with van der Waals surface area (Å²) in [6, 6.07) is 18.7. The molecule has 0 spiro atoms. The van der Waals surface area contributed by atoms with Crippen LogP contribution in [-0.2, 0) is 6.54 Å². The van der Waals surface area contributed by atoms with E-state index in [9.17, 15) is 4.79 Å². The van der Waals surface area contributed by atoms with E-state index in [1.165, 1.54) is 11.1 Å². The summed E-state index contributed by atoms with van der Waals surface area (Å²) in [6.07, 6.45) is 0. The molecule has 3 rings (SSSR count). The SMILES string of the molecule is CC(C)CNC(=O)c1cccc(CN2C[C@@H](CN)[C@H](c3ccccc3)C2)c1.Cl. The third kappa shape index (κ3) is 5.81. The number of carbonyl (C=O) groups is 1. The fourth-order valence-corrected chi connectivity index (χ4v) is 3.87. The first kappa shape index (κ1) is 22.4. The van der Waals surface area contributed by atoms with Crippen LogP contribution in [0.2, 0.25) is 0 Å². The minimum absolute atomic E-state index is 0. The van der Waals surface area contributed by atoms with Crippen LogP contribution in [0.5, 0.6) is 0 Å². The van der Waals surface area contributed by atoms with Crippen LogP contribution in [0.3, 0.4) is 0 Å². The predicted octanol–water partition coefficient (Wildman–Crippen LogP) is 3.67. The zero-order valence-corrected chi connectivity index (χ0v) is 17.6. The Morgan fingerprint density at radius 1 is 1.14 bits per heavy atom. The van der Waals surface area contributed by atoms with E-state index >= 15 is 0 Å². The Kier molecular flexibility index (Phi) is 8.49. The third-order valence-electron chi connectivity index (χ3n) is 5.31. The number of nitrogens with two attached hydrogens (primary N) is 1. The number of likely N-dealkylation sites (tertiary alicyclic amines) is 1. The highest BCUT2D eigenvalue weighted by Crippen LogP contribution is 2.32. The molecule has 1 heterocycles. The Bertz CT molecular complexity index is 751. The summed E-state index contributed by atoms with van der Waals surface area (Å²) >= 11 is 0. The van der Waals surface area contributed by atoms with Crippen molar-refractivity contribution < 1.29 is 4.79 Å². The molecule has 5 heteroatoms. The van der Waals surface area contributed by atoms with Gasteiger partial charge in [0.2, 0.25) is 0 Å². The number of amides is 1. The van der Waals surface area contributed by atoms with E-state index in [-0.39, 0.29) is 18.3 Å². The zero-order chi connectivity index (χ0) is 19.2. The van der Waals surface area contributed by atoms with Crippen molar-refractivity contribution in [2.24, 2.45) is 17.6 Å². The Morgan fingerprint density at radius 2 is 1.89 bits per heavy atom. The van der Waals surface area contributed by atoms with E-state index in [0.29, 0.717) is 30.8 Å². The topological polar surface area (TPSA) is 58.4 Å². The van der Waals surface area contributed by atoms with Crippen molar-refractivity contribution in [3.05, 3.63) is 71.3 Å². The van der Waals surface area contributed by atoms with Gasteiger partial charge in [-0.3, -0.25) is 9.69 Å². The van der Waals surface area contributed by atoms with Crippen molar-refractivity contribution in [1.82, 2.24) is 10.2 Å². The summed E-state index contributed by atoms with van der Waals surface area (Å²) in [5, 5.41) is 2.99. The molecule has 4 nitrogen and oxygen atoms in total. The molecule has 28 heavy (non-hydrogen) atoms. The molecule has 1 fully saturated rings. The zero-order valence-electron chi connectivity index (χ0n) is 16.8. The van der Waals surface area contributed by atoms with Gasteiger partial charge < -0.3 is 11.1 Å².